The number of rotatable bonds is 3. The van der Waals surface area contributed by atoms with Crippen LogP contribution in [0.1, 0.15) is 5.56 Å². The van der Waals surface area contributed by atoms with Gasteiger partial charge in [0, 0.05) is 10.2 Å². The lowest BCUT2D eigenvalue weighted by molar-refractivity contribution is 0.163. The van der Waals surface area contributed by atoms with Gasteiger partial charge in [0.1, 0.15) is 0 Å². The number of nitrogens with one attached hydrogen (secondary N) is 1. The molecule has 1 nitrogen and oxygen atoms in total. The van der Waals surface area contributed by atoms with Crippen molar-refractivity contribution in [1.82, 2.24) is 0 Å². The zero-order valence-corrected chi connectivity index (χ0v) is 8.74. The van der Waals surface area contributed by atoms with Gasteiger partial charge in [-0.2, -0.15) is 0 Å². The third-order valence-electron chi connectivity index (χ3n) is 1.57. The van der Waals surface area contributed by atoms with Gasteiger partial charge in [0.2, 0.25) is 0 Å². The minimum atomic E-state index is -2.33. The van der Waals surface area contributed by atoms with E-state index in [1.165, 1.54) is 0 Å². The molecule has 0 heterocycles. The Labute approximate surface area is 84.3 Å². The molecule has 1 N–H and O–H groups in total. The van der Waals surface area contributed by atoms with Crippen LogP contribution in [0.15, 0.2) is 22.7 Å². The highest BCUT2D eigenvalue weighted by molar-refractivity contribution is 9.10. The molecule has 0 bridgehead atoms. The van der Waals surface area contributed by atoms with E-state index in [1.54, 1.807) is 0 Å². The molecular weight excluding hydrogens is 240 g/mol. The Morgan fingerprint density at radius 1 is 1.46 bits per heavy atom. The summed E-state index contributed by atoms with van der Waals surface area (Å²) < 4.78 is 24.6. The molecule has 0 amide bonds. The van der Waals surface area contributed by atoms with Gasteiger partial charge in [-0.15, -0.1) is 0 Å². The lowest BCUT2D eigenvalue weighted by atomic mass is 10.2. The van der Waals surface area contributed by atoms with Crippen LogP contribution in [-0.4, -0.2) is 13.0 Å². The average molecular weight is 250 g/mol. The van der Waals surface area contributed by atoms with Crippen LogP contribution < -0.4 is 5.32 Å². The van der Waals surface area contributed by atoms with Crippen LogP contribution in [0.25, 0.3) is 0 Å². The molecule has 0 aliphatic carbocycles. The van der Waals surface area contributed by atoms with Crippen LogP contribution in [0.2, 0.25) is 0 Å². The van der Waals surface area contributed by atoms with Crippen molar-refractivity contribution < 1.29 is 8.78 Å². The molecule has 13 heavy (non-hydrogen) atoms. The molecule has 4 heteroatoms. The molecule has 0 aliphatic heterocycles. The average Bonchev–Trinajstić information content (AvgIpc) is 2.06. The Bertz CT molecular complexity index is 289. The number of hydrogen-bond acceptors (Lipinski definition) is 1. The molecule has 1 aromatic rings. The highest BCUT2D eigenvalue weighted by Crippen LogP contribution is 2.23. The second-order valence-corrected chi connectivity index (χ2v) is 3.61. The zero-order valence-electron chi connectivity index (χ0n) is 7.15. The van der Waals surface area contributed by atoms with Crippen LogP contribution >= 0.6 is 15.9 Å². The van der Waals surface area contributed by atoms with Crippen LogP contribution in [0.5, 0.6) is 0 Å². The molecule has 1 aromatic carbocycles. The molecule has 0 aromatic heterocycles. The van der Waals surface area contributed by atoms with Crippen LogP contribution in [-0.2, 0) is 0 Å². The number of halogens is 3. The summed E-state index contributed by atoms with van der Waals surface area (Å²) in [6.07, 6.45) is -2.33. The fourth-order valence-electron chi connectivity index (χ4n) is 0.962. The molecule has 0 atom stereocenters. The van der Waals surface area contributed by atoms with Crippen LogP contribution in [0.4, 0.5) is 14.5 Å². The fraction of sp³-hybridized carbons (Fsp3) is 0.333. The first-order valence-electron chi connectivity index (χ1n) is 3.88. The summed E-state index contributed by atoms with van der Waals surface area (Å²) >= 11 is 3.27. The van der Waals surface area contributed by atoms with Gasteiger partial charge in [0.15, 0.2) is 0 Å². The third kappa shape index (κ3) is 3.30. The van der Waals surface area contributed by atoms with Gasteiger partial charge in [-0.25, -0.2) is 8.78 Å². The quantitative estimate of drug-likeness (QED) is 0.866. The minimum Gasteiger partial charge on any atom is -0.378 e. The van der Waals surface area contributed by atoms with Gasteiger partial charge in [-0.1, -0.05) is 6.07 Å². The first-order valence-corrected chi connectivity index (χ1v) is 4.67. The highest BCUT2D eigenvalue weighted by atomic mass is 79.9. The van der Waals surface area contributed by atoms with Crippen molar-refractivity contribution in [2.75, 3.05) is 11.9 Å². The first-order chi connectivity index (χ1) is 6.09. The van der Waals surface area contributed by atoms with Crippen LogP contribution in [0, 0.1) is 6.92 Å². The topological polar surface area (TPSA) is 12.0 Å². The predicted molar refractivity (Wildman–Crippen MR) is 53.4 cm³/mol. The van der Waals surface area contributed by atoms with Gasteiger partial charge in [0.25, 0.3) is 6.43 Å². The largest absolute Gasteiger partial charge is 0.378 e. The van der Waals surface area contributed by atoms with Gasteiger partial charge < -0.3 is 5.32 Å². The van der Waals surface area contributed by atoms with Crippen molar-refractivity contribution in [3.63, 3.8) is 0 Å². The van der Waals surface area contributed by atoms with E-state index >= 15 is 0 Å². The second kappa shape index (κ2) is 4.56. The lowest BCUT2D eigenvalue weighted by Gasteiger charge is -2.08. The van der Waals surface area contributed by atoms with E-state index in [0.717, 1.165) is 10.0 Å². The van der Waals surface area contributed by atoms with Gasteiger partial charge in [0.05, 0.1) is 6.54 Å². The van der Waals surface area contributed by atoms with Crippen molar-refractivity contribution in [1.29, 1.82) is 0 Å². The van der Waals surface area contributed by atoms with E-state index < -0.39 is 6.43 Å². The maximum absolute atomic E-state index is 11.9. The number of benzene rings is 1. The molecular formula is C9H10BrF2N. The van der Waals surface area contributed by atoms with E-state index in [1.807, 2.05) is 25.1 Å². The number of aryl methyl sites for hydroxylation is 1. The molecule has 0 aliphatic rings. The molecule has 0 unspecified atom stereocenters. The first kappa shape index (κ1) is 10.4. The number of anilines is 1. The Morgan fingerprint density at radius 3 is 2.77 bits per heavy atom. The van der Waals surface area contributed by atoms with Gasteiger partial charge in [-0.3, -0.25) is 0 Å². The molecule has 0 saturated carbocycles. The maximum atomic E-state index is 11.9. The molecule has 0 radical (unpaired) electrons. The molecule has 72 valence electrons. The van der Waals surface area contributed by atoms with E-state index in [-0.39, 0.29) is 6.54 Å². The summed E-state index contributed by atoms with van der Waals surface area (Å²) in [6, 6.07) is 5.58. The Kier molecular flexibility index (Phi) is 3.66. The van der Waals surface area contributed by atoms with Gasteiger partial charge >= 0.3 is 0 Å². The van der Waals surface area contributed by atoms with E-state index in [0.29, 0.717) is 5.69 Å². The summed E-state index contributed by atoms with van der Waals surface area (Å²) in [7, 11) is 0. The highest BCUT2D eigenvalue weighted by Gasteiger charge is 2.04. The van der Waals surface area contributed by atoms with Crippen molar-refractivity contribution in [3.8, 4) is 0 Å². The maximum Gasteiger partial charge on any atom is 0.255 e. The minimum absolute atomic E-state index is 0.317. The van der Waals surface area contributed by atoms with Crippen LogP contribution in [0.3, 0.4) is 0 Å². The standard InChI is InChI=1S/C9H10BrF2N/c1-6-2-3-7(10)8(4-6)13-5-9(11)12/h2-4,9,13H,5H2,1H3. The Morgan fingerprint density at radius 2 is 2.15 bits per heavy atom. The molecule has 0 saturated heterocycles. The van der Waals surface area contributed by atoms with Crippen molar-refractivity contribution >= 4 is 21.6 Å². The zero-order chi connectivity index (χ0) is 9.84. The second-order valence-electron chi connectivity index (χ2n) is 2.76. The summed E-state index contributed by atoms with van der Waals surface area (Å²) in [6.45, 7) is 1.60. The van der Waals surface area contributed by atoms with E-state index in [4.69, 9.17) is 0 Å². The fourth-order valence-corrected chi connectivity index (χ4v) is 1.35. The van der Waals surface area contributed by atoms with E-state index in [2.05, 4.69) is 21.2 Å². The summed E-state index contributed by atoms with van der Waals surface area (Å²) in [5.74, 6) is 0. The normalized spacial score (nSPS) is 10.5. The lowest BCUT2D eigenvalue weighted by Crippen LogP contribution is -2.10. The molecule has 0 spiro atoms. The van der Waals surface area contributed by atoms with E-state index in [9.17, 15) is 8.78 Å². The van der Waals surface area contributed by atoms with Crippen molar-refractivity contribution in [2.45, 2.75) is 13.3 Å². The Hall–Kier alpha value is -0.640. The van der Waals surface area contributed by atoms with Gasteiger partial charge in [-0.05, 0) is 40.5 Å². The SMILES string of the molecule is Cc1ccc(Br)c(NCC(F)F)c1. The smallest absolute Gasteiger partial charge is 0.255 e. The third-order valence-corrected chi connectivity index (χ3v) is 2.26. The monoisotopic (exact) mass is 249 g/mol. The van der Waals surface area contributed by atoms with Crippen molar-refractivity contribution in [2.24, 2.45) is 0 Å². The summed E-state index contributed by atoms with van der Waals surface area (Å²) in [5.41, 5.74) is 1.75. The molecule has 1 rings (SSSR count). The number of hydrogen-bond donors (Lipinski definition) is 1. The summed E-state index contributed by atoms with van der Waals surface area (Å²) in [4.78, 5) is 0. The Balaban J connectivity index is 2.70. The van der Waals surface area contributed by atoms with Crippen molar-refractivity contribution in [3.05, 3.63) is 28.2 Å². The summed E-state index contributed by atoms with van der Waals surface area (Å²) in [5, 5.41) is 2.66. The number of alkyl halides is 2. The predicted octanol–water partition coefficient (Wildman–Crippen LogP) is 3.43. The molecule has 0 fully saturated rings.